The lowest BCUT2D eigenvalue weighted by Gasteiger charge is -2.31. The van der Waals surface area contributed by atoms with Crippen molar-refractivity contribution in [1.82, 2.24) is 4.98 Å². The van der Waals surface area contributed by atoms with Gasteiger partial charge in [-0.2, -0.15) is 5.26 Å². The third-order valence-electron chi connectivity index (χ3n) is 4.74. The minimum atomic E-state index is -0.0805. The first-order chi connectivity index (χ1) is 12.6. The number of hydrogen-bond acceptors (Lipinski definition) is 5. The number of aryl methyl sites for hydroxylation is 1. The standard InChI is InChI=1S/C20H18N4OS/c1-12-11-23-20(25)15-4-2-6-18(19(12)15)26-24-7-3-5-14-16(22)8-13(10-21)9-17(14)24/h2,4,6,8-9,11H,3,5,7,22H2,1H3,(H,23,25). The molecule has 1 aromatic heterocycles. The monoisotopic (exact) mass is 362 g/mol. The Labute approximate surface area is 155 Å². The Morgan fingerprint density at radius 1 is 1.35 bits per heavy atom. The van der Waals surface area contributed by atoms with Crippen LogP contribution in [-0.4, -0.2) is 11.5 Å². The van der Waals surface area contributed by atoms with Crippen molar-refractivity contribution >= 4 is 34.1 Å². The van der Waals surface area contributed by atoms with Crippen molar-refractivity contribution < 1.29 is 0 Å². The summed E-state index contributed by atoms with van der Waals surface area (Å²) >= 11 is 1.60. The van der Waals surface area contributed by atoms with E-state index in [1.165, 1.54) is 0 Å². The van der Waals surface area contributed by atoms with E-state index < -0.39 is 0 Å². The van der Waals surface area contributed by atoms with Crippen LogP contribution >= 0.6 is 11.9 Å². The van der Waals surface area contributed by atoms with Crippen LogP contribution in [0.2, 0.25) is 0 Å². The number of aromatic amines is 1. The summed E-state index contributed by atoms with van der Waals surface area (Å²) in [5, 5.41) is 10.9. The molecule has 0 aliphatic carbocycles. The van der Waals surface area contributed by atoms with Crippen molar-refractivity contribution in [3.8, 4) is 6.07 Å². The predicted octanol–water partition coefficient (Wildman–Crippen LogP) is 3.75. The Kier molecular flexibility index (Phi) is 4.09. The molecule has 2 heterocycles. The van der Waals surface area contributed by atoms with Crippen molar-refractivity contribution in [2.24, 2.45) is 0 Å². The summed E-state index contributed by atoms with van der Waals surface area (Å²) in [7, 11) is 0. The average Bonchev–Trinajstić information content (AvgIpc) is 2.65. The summed E-state index contributed by atoms with van der Waals surface area (Å²) in [5.74, 6) is 0. The largest absolute Gasteiger partial charge is 0.398 e. The summed E-state index contributed by atoms with van der Waals surface area (Å²) in [6, 6.07) is 11.6. The summed E-state index contributed by atoms with van der Waals surface area (Å²) < 4.78 is 2.19. The van der Waals surface area contributed by atoms with Crippen LogP contribution in [0.4, 0.5) is 11.4 Å². The number of aromatic nitrogens is 1. The molecule has 3 aromatic rings. The number of rotatable bonds is 2. The molecule has 1 aliphatic heterocycles. The van der Waals surface area contributed by atoms with E-state index >= 15 is 0 Å². The zero-order valence-electron chi connectivity index (χ0n) is 14.4. The fourth-order valence-corrected chi connectivity index (χ4v) is 4.72. The molecule has 130 valence electrons. The SMILES string of the molecule is Cc1c[nH]c(=O)c2cccc(SN3CCCc4c(N)cc(C#N)cc43)c12. The van der Waals surface area contributed by atoms with Gasteiger partial charge in [0.1, 0.15) is 0 Å². The average molecular weight is 362 g/mol. The van der Waals surface area contributed by atoms with Gasteiger partial charge in [-0.25, -0.2) is 0 Å². The molecule has 6 heteroatoms. The van der Waals surface area contributed by atoms with Crippen LogP contribution in [0.3, 0.4) is 0 Å². The maximum Gasteiger partial charge on any atom is 0.255 e. The Balaban J connectivity index is 1.83. The first-order valence-corrected chi connectivity index (χ1v) is 9.25. The molecule has 0 amide bonds. The number of nitrogen functional groups attached to an aromatic ring is 1. The normalized spacial score (nSPS) is 13.5. The number of nitrogens with one attached hydrogen (secondary N) is 1. The van der Waals surface area contributed by atoms with E-state index in [4.69, 9.17) is 5.73 Å². The zero-order chi connectivity index (χ0) is 18.3. The van der Waals surface area contributed by atoms with Crippen LogP contribution in [0.5, 0.6) is 0 Å². The highest BCUT2D eigenvalue weighted by molar-refractivity contribution is 8.00. The van der Waals surface area contributed by atoms with E-state index in [1.807, 2.05) is 31.2 Å². The molecule has 2 aromatic carbocycles. The fourth-order valence-electron chi connectivity index (χ4n) is 3.50. The van der Waals surface area contributed by atoms with Crippen LogP contribution in [0, 0.1) is 18.3 Å². The Morgan fingerprint density at radius 2 is 2.19 bits per heavy atom. The molecular weight excluding hydrogens is 344 g/mol. The highest BCUT2D eigenvalue weighted by Crippen LogP contribution is 2.40. The minimum Gasteiger partial charge on any atom is -0.398 e. The molecular formula is C20H18N4OS. The molecule has 1 aliphatic rings. The van der Waals surface area contributed by atoms with Crippen LogP contribution in [0.15, 0.2) is 46.2 Å². The maximum atomic E-state index is 12.2. The van der Waals surface area contributed by atoms with E-state index in [9.17, 15) is 10.1 Å². The number of benzene rings is 2. The molecule has 0 saturated carbocycles. The van der Waals surface area contributed by atoms with Gasteiger partial charge in [0.25, 0.3) is 5.56 Å². The van der Waals surface area contributed by atoms with E-state index in [2.05, 4.69) is 15.4 Å². The van der Waals surface area contributed by atoms with Crippen molar-refractivity contribution in [3.63, 3.8) is 0 Å². The van der Waals surface area contributed by atoms with Crippen molar-refractivity contribution in [2.75, 3.05) is 16.6 Å². The maximum absolute atomic E-state index is 12.2. The Bertz CT molecular complexity index is 1110. The third kappa shape index (κ3) is 2.71. The van der Waals surface area contributed by atoms with Gasteiger partial charge < -0.3 is 15.0 Å². The van der Waals surface area contributed by atoms with Gasteiger partial charge >= 0.3 is 0 Å². The number of anilines is 2. The van der Waals surface area contributed by atoms with E-state index in [1.54, 1.807) is 24.2 Å². The number of H-pyrrole nitrogens is 1. The van der Waals surface area contributed by atoms with Crippen LogP contribution < -0.4 is 15.6 Å². The van der Waals surface area contributed by atoms with Crippen LogP contribution in [-0.2, 0) is 6.42 Å². The molecule has 0 unspecified atom stereocenters. The molecule has 4 rings (SSSR count). The summed E-state index contributed by atoms with van der Waals surface area (Å²) in [4.78, 5) is 16.0. The lowest BCUT2D eigenvalue weighted by Crippen LogP contribution is -2.23. The second kappa shape index (κ2) is 6.43. The second-order valence-electron chi connectivity index (χ2n) is 6.45. The molecule has 0 atom stereocenters. The number of hydrogen-bond donors (Lipinski definition) is 2. The van der Waals surface area contributed by atoms with Crippen LogP contribution in [0.25, 0.3) is 10.8 Å². The van der Waals surface area contributed by atoms with Gasteiger partial charge in [0.15, 0.2) is 0 Å². The first-order valence-electron chi connectivity index (χ1n) is 8.47. The molecule has 5 nitrogen and oxygen atoms in total. The molecule has 26 heavy (non-hydrogen) atoms. The smallest absolute Gasteiger partial charge is 0.255 e. The zero-order valence-corrected chi connectivity index (χ0v) is 15.2. The molecule has 0 radical (unpaired) electrons. The van der Waals surface area contributed by atoms with E-state index in [-0.39, 0.29) is 5.56 Å². The highest BCUT2D eigenvalue weighted by atomic mass is 32.2. The van der Waals surface area contributed by atoms with E-state index in [0.717, 1.165) is 46.5 Å². The quantitative estimate of drug-likeness (QED) is 0.536. The molecule has 0 fully saturated rings. The topological polar surface area (TPSA) is 85.9 Å². The lowest BCUT2D eigenvalue weighted by atomic mass is 9.99. The Hall–Kier alpha value is -2.91. The second-order valence-corrected chi connectivity index (χ2v) is 7.51. The molecule has 0 saturated heterocycles. The molecule has 0 spiro atoms. The lowest BCUT2D eigenvalue weighted by molar-refractivity contribution is 0.797. The number of nitriles is 1. The first kappa shape index (κ1) is 16.6. The van der Waals surface area contributed by atoms with Gasteiger partial charge in [-0.3, -0.25) is 4.79 Å². The van der Waals surface area contributed by atoms with Gasteiger partial charge in [-0.15, -0.1) is 0 Å². The summed E-state index contributed by atoms with van der Waals surface area (Å²) in [5.41, 5.74) is 10.5. The summed E-state index contributed by atoms with van der Waals surface area (Å²) in [6.07, 6.45) is 3.67. The predicted molar refractivity (Wildman–Crippen MR) is 106 cm³/mol. The van der Waals surface area contributed by atoms with Crippen LogP contribution in [0.1, 0.15) is 23.1 Å². The van der Waals surface area contributed by atoms with Crippen molar-refractivity contribution in [1.29, 1.82) is 5.26 Å². The van der Waals surface area contributed by atoms with Gasteiger partial charge in [-0.1, -0.05) is 6.07 Å². The number of pyridine rings is 1. The van der Waals surface area contributed by atoms with E-state index in [0.29, 0.717) is 16.6 Å². The van der Waals surface area contributed by atoms with Gasteiger partial charge in [-0.05, 0) is 67.1 Å². The number of fused-ring (bicyclic) bond motifs is 2. The van der Waals surface area contributed by atoms with Gasteiger partial charge in [0.05, 0.1) is 17.3 Å². The summed E-state index contributed by atoms with van der Waals surface area (Å²) in [6.45, 7) is 2.86. The third-order valence-corrected chi connectivity index (χ3v) is 5.88. The minimum absolute atomic E-state index is 0.0805. The van der Waals surface area contributed by atoms with Gasteiger partial charge in [0.2, 0.25) is 0 Å². The molecule has 0 bridgehead atoms. The van der Waals surface area contributed by atoms with Crippen molar-refractivity contribution in [2.45, 2.75) is 24.7 Å². The highest BCUT2D eigenvalue weighted by Gasteiger charge is 2.22. The Morgan fingerprint density at radius 3 is 3.00 bits per heavy atom. The number of nitrogens with two attached hydrogens (primary N) is 1. The molecule has 3 N–H and O–H groups in total. The van der Waals surface area contributed by atoms with Gasteiger partial charge in [0, 0.05) is 34.1 Å². The number of nitrogens with zero attached hydrogens (tertiary/aromatic N) is 2. The van der Waals surface area contributed by atoms with Crippen molar-refractivity contribution in [3.05, 3.63) is 63.6 Å². The fraction of sp³-hybridized carbons (Fsp3) is 0.200.